The van der Waals surface area contributed by atoms with Gasteiger partial charge in [0.25, 0.3) is 11.5 Å². The van der Waals surface area contributed by atoms with Gasteiger partial charge in [0.1, 0.15) is 11.2 Å². The molecule has 0 saturated heterocycles. The molecule has 0 fully saturated rings. The summed E-state index contributed by atoms with van der Waals surface area (Å²) in [7, 11) is 0. The van der Waals surface area contributed by atoms with Gasteiger partial charge in [-0.3, -0.25) is 9.59 Å². The maximum Gasteiger partial charge on any atom is 0.259 e. The second-order valence-corrected chi connectivity index (χ2v) is 8.10. The minimum absolute atomic E-state index is 0.149. The Labute approximate surface area is 190 Å². The average Bonchev–Trinajstić information content (AvgIpc) is 3.29. The van der Waals surface area contributed by atoms with Gasteiger partial charge in [0, 0.05) is 0 Å². The highest BCUT2D eigenvalue weighted by atomic mass is 16.2. The molecule has 5 aromatic rings. The van der Waals surface area contributed by atoms with Crippen LogP contribution in [0.1, 0.15) is 40.4 Å². The number of rotatable bonds is 7. The van der Waals surface area contributed by atoms with Gasteiger partial charge in [-0.15, -0.1) is 0 Å². The summed E-state index contributed by atoms with van der Waals surface area (Å²) in [5, 5.41) is 8.07. The van der Waals surface area contributed by atoms with Crippen molar-refractivity contribution in [3.05, 3.63) is 118 Å². The highest BCUT2D eigenvalue weighted by Crippen LogP contribution is 2.22. The maximum absolute atomic E-state index is 13.3. The molecule has 0 bridgehead atoms. The van der Waals surface area contributed by atoms with Crippen molar-refractivity contribution in [3.8, 4) is 0 Å². The quantitative estimate of drug-likeness (QED) is 0.389. The van der Waals surface area contributed by atoms with Crippen molar-refractivity contribution >= 4 is 22.5 Å². The van der Waals surface area contributed by atoms with Crippen molar-refractivity contribution in [1.29, 1.82) is 0 Å². The third-order valence-corrected chi connectivity index (χ3v) is 5.93. The Morgan fingerprint density at radius 1 is 0.939 bits per heavy atom. The minimum atomic E-state index is -0.260. The summed E-state index contributed by atoms with van der Waals surface area (Å²) in [6.45, 7) is 0. The summed E-state index contributed by atoms with van der Waals surface area (Å²) in [6.07, 6.45) is 4.18. The van der Waals surface area contributed by atoms with Crippen LogP contribution in [0.3, 0.4) is 0 Å². The summed E-state index contributed by atoms with van der Waals surface area (Å²) in [5.41, 5.74) is 3.50. The molecule has 3 aromatic carbocycles. The third kappa shape index (κ3) is 4.28. The van der Waals surface area contributed by atoms with Crippen LogP contribution in [0.2, 0.25) is 0 Å². The number of aryl methyl sites for hydroxylation is 1. The van der Waals surface area contributed by atoms with Gasteiger partial charge in [0.05, 0.1) is 23.1 Å². The summed E-state index contributed by atoms with van der Waals surface area (Å²) in [4.78, 5) is 28.7. The Kier molecular flexibility index (Phi) is 5.72. The Hall–Kier alpha value is -4.19. The molecule has 6 nitrogen and oxygen atoms in total. The van der Waals surface area contributed by atoms with Crippen molar-refractivity contribution in [1.82, 2.24) is 19.9 Å². The van der Waals surface area contributed by atoms with Gasteiger partial charge in [-0.05, 0) is 42.5 Å². The predicted molar refractivity (Wildman–Crippen MR) is 129 cm³/mol. The lowest BCUT2D eigenvalue weighted by molar-refractivity contribution is 0.0935. The number of amides is 1. The van der Waals surface area contributed by atoms with E-state index in [2.05, 4.69) is 27.5 Å². The van der Waals surface area contributed by atoms with E-state index in [0.717, 1.165) is 24.8 Å². The molecule has 5 rings (SSSR count). The summed E-state index contributed by atoms with van der Waals surface area (Å²) in [6, 6.07) is 27.4. The molecular weight excluding hydrogens is 412 g/mol. The van der Waals surface area contributed by atoms with Crippen molar-refractivity contribution in [2.45, 2.75) is 25.3 Å². The van der Waals surface area contributed by atoms with Gasteiger partial charge in [-0.1, -0.05) is 72.8 Å². The number of aromatic nitrogens is 3. The van der Waals surface area contributed by atoms with Gasteiger partial charge in [-0.25, -0.2) is 4.52 Å². The molecule has 2 heterocycles. The summed E-state index contributed by atoms with van der Waals surface area (Å²) in [5.74, 6) is -0.260. The van der Waals surface area contributed by atoms with E-state index in [4.69, 9.17) is 0 Å². The number of carbonyl (C=O) groups excluding carboxylic acids is 1. The predicted octanol–water partition coefficient (Wildman–Crippen LogP) is 4.67. The van der Waals surface area contributed by atoms with Crippen molar-refractivity contribution in [2.24, 2.45) is 0 Å². The Balaban J connectivity index is 1.41. The van der Waals surface area contributed by atoms with Crippen molar-refractivity contribution in [2.75, 3.05) is 0 Å². The van der Waals surface area contributed by atoms with Gasteiger partial charge in [0.15, 0.2) is 0 Å². The zero-order chi connectivity index (χ0) is 22.6. The van der Waals surface area contributed by atoms with Crippen LogP contribution in [0.25, 0.3) is 16.6 Å². The molecule has 0 aliphatic rings. The number of benzene rings is 3. The zero-order valence-electron chi connectivity index (χ0n) is 18.1. The second-order valence-electron chi connectivity index (χ2n) is 8.10. The van der Waals surface area contributed by atoms with Crippen LogP contribution < -0.4 is 10.9 Å². The fraction of sp³-hybridized carbons (Fsp3) is 0.148. The molecule has 0 radical (unpaired) electrons. The average molecular weight is 437 g/mol. The first-order chi connectivity index (χ1) is 16.2. The van der Waals surface area contributed by atoms with Crippen molar-refractivity contribution in [3.63, 3.8) is 0 Å². The van der Waals surface area contributed by atoms with Crippen LogP contribution in [-0.2, 0) is 6.42 Å². The number of fused-ring (bicyclic) bond motifs is 3. The fourth-order valence-electron chi connectivity index (χ4n) is 4.24. The Morgan fingerprint density at radius 3 is 2.42 bits per heavy atom. The van der Waals surface area contributed by atoms with E-state index < -0.39 is 0 Å². The SMILES string of the molecule is O=C(NC(CCCc1ccccc1)c1ccccc1)c1cnn2c1[nH]c(=O)c1ccccc12. The van der Waals surface area contributed by atoms with Crippen LogP contribution in [-0.4, -0.2) is 20.5 Å². The standard InChI is InChI=1S/C27H24N4O2/c32-26-21-15-7-8-17-24(21)31-25(30-26)22(18-28-31)27(33)29-23(20-13-5-2-6-14-20)16-9-12-19-10-3-1-4-11-19/h1-8,10-11,13-15,17-18,23H,9,12,16H2,(H,29,33)(H,30,32). The molecule has 0 aliphatic heterocycles. The molecule has 0 aliphatic carbocycles. The van der Waals surface area contributed by atoms with Gasteiger partial charge < -0.3 is 10.3 Å². The first-order valence-electron chi connectivity index (χ1n) is 11.1. The molecule has 164 valence electrons. The minimum Gasteiger partial charge on any atom is -0.345 e. The first kappa shape index (κ1) is 20.7. The van der Waals surface area contributed by atoms with Crippen LogP contribution >= 0.6 is 0 Å². The number of hydrogen-bond donors (Lipinski definition) is 2. The number of nitrogens with one attached hydrogen (secondary N) is 2. The highest BCUT2D eigenvalue weighted by Gasteiger charge is 2.20. The zero-order valence-corrected chi connectivity index (χ0v) is 18.1. The highest BCUT2D eigenvalue weighted by molar-refractivity contribution is 6.00. The maximum atomic E-state index is 13.3. The topological polar surface area (TPSA) is 79.3 Å². The second kappa shape index (κ2) is 9.12. The number of carbonyl (C=O) groups is 1. The van der Waals surface area contributed by atoms with Gasteiger partial charge in [-0.2, -0.15) is 5.10 Å². The number of nitrogens with zero attached hydrogens (tertiary/aromatic N) is 2. The summed E-state index contributed by atoms with van der Waals surface area (Å²) >= 11 is 0. The van der Waals surface area contributed by atoms with E-state index in [9.17, 15) is 9.59 Å². The number of hydrogen-bond acceptors (Lipinski definition) is 3. The lowest BCUT2D eigenvalue weighted by Gasteiger charge is -2.19. The third-order valence-electron chi connectivity index (χ3n) is 5.93. The van der Waals surface area contributed by atoms with E-state index in [1.54, 1.807) is 16.6 Å². The number of H-pyrrole nitrogens is 1. The van der Waals surface area contributed by atoms with Crippen LogP contribution in [0.15, 0.2) is 95.9 Å². The normalized spacial score (nSPS) is 12.1. The van der Waals surface area contributed by atoms with Crippen molar-refractivity contribution < 1.29 is 4.79 Å². The van der Waals surface area contributed by atoms with E-state index in [1.165, 1.54) is 11.8 Å². The van der Waals surface area contributed by atoms with Crippen LogP contribution in [0.5, 0.6) is 0 Å². The largest absolute Gasteiger partial charge is 0.345 e. The Morgan fingerprint density at radius 2 is 1.64 bits per heavy atom. The van der Waals surface area contributed by atoms with Gasteiger partial charge >= 0.3 is 0 Å². The molecular formula is C27H24N4O2. The monoisotopic (exact) mass is 436 g/mol. The Bertz CT molecular complexity index is 1460. The van der Waals surface area contributed by atoms with E-state index in [0.29, 0.717) is 22.1 Å². The number of aromatic amines is 1. The molecule has 1 unspecified atom stereocenters. The summed E-state index contributed by atoms with van der Waals surface area (Å²) < 4.78 is 1.61. The lowest BCUT2D eigenvalue weighted by atomic mass is 9.98. The molecule has 2 N–H and O–H groups in total. The lowest BCUT2D eigenvalue weighted by Crippen LogP contribution is -2.29. The molecule has 2 aromatic heterocycles. The van der Waals surface area contributed by atoms with E-state index in [1.807, 2.05) is 60.7 Å². The number of para-hydroxylation sites is 1. The fourth-order valence-corrected chi connectivity index (χ4v) is 4.24. The first-order valence-corrected chi connectivity index (χ1v) is 11.1. The van der Waals surface area contributed by atoms with Crippen LogP contribution in [0, 0.1) is 0 Å². The van der Waals surface area contributed by atoms with E-state index in [-0.39, 0.29) is 17.5 Å². The van der Waals surface area contributed by atoms with Gasteiger partial charge in [0.2, 0.25) is 0 Å². The molecule has 1 amide bonds. The molecule has 1 atom stereocenters. The smallest absolute Gasteiger partial charge is 0.259 e. The molecule has 6 heteroatoms. The van der Waals surface area contributed by atoms with E-state index >= 15 is 0 Å². The molecule has 0 spiro atoms. The van der Waals surface area contributed by atoms with Crippen LogP contribution in [0.4, 0.5) is 0 Å². The molecule has 0 saturated carbocycles. The molecule has 33 heavy (non-hydrogen) atoms.